The molecule has 21 heavy (non-hydrogen) atoms. The highest BCUT2D eigenvalue weighted by Gasteiger charge is 2.20. The van der Waals surface area contributed by atoms with E-state index in [0.717, 1.165) is 35.0 Å². The fraction of sp³-hybridized carbons (Fsp3) is 0.562. The molecular formula is C16H28N4S. The summed E-state index contributed by atoms with van der Waals surface area (Å²) in [6.07, 6.45) is 0. The van der Waals surface area contributed by atoms with Gasteiger partial charge in [0.1, 0.15) is 5.84 Å². The maximum atomic E-state index is 7.97. The van der Waals surface area contributed by atoms with E-state index < -0.39 is 0 Å². The first kappa shape index (κ1) is 17.9. The van der Waals surface area contributed by atoms with Gasteiger partial charge in [-0.05, 0) is 45.8 Å². The molecule has 0 fully saturated rings. The molecule has 3 N–H and O–H groups in total. The van der Waals surface area contributed by atoms with Gasteiger partial charge in [0, 0.05) is 29.7 Å². The predicted octanol–water partition coefficient (Wildman–Crippen LogP) is 2.86. The smallest absolute Gasteiger partial charge is 0.126 e. The van der Waals surface area contributed by atoms with Crippen LogP contribution in [0.25, 0.3) is 0 Å². The number of thioether (sulfide) groups is 1. The van der Waals surface area contributed by atoms with E-state index in [-0.39, 0.29) is 5.84 Å². The highest BCUT2D eigenvalue weighted by molar-refractivity contribution is 7.99. The normalized spacial score (nSPS) is 12.5. The molecule has 4 nitrogen and oxygen atoms in total. The molecule has 1 aromatic rings. The molecule has 0 amide bonds. The second kappa shape index (κ2) is 8.29. The lowest BCUT2D eigenvalue weighted by molar-refractivity contribution is 0.373. The van der Waals surface area contributed by atoms with Crippen molar-refractivity contribution in [1.82, 2.24) is 4.90 Å². The van der Waals surface area contributed by atoms with Crippen molar-refractivity contribution in [3.05, 3.63) is 23.8 Å². The lowest BCUT2D eigenvalue weighted by Crippen LogP contribution is -2.41. The van der Waals surface area contributed by atoms with Crippen LogP contribution in [0.4, 0.5) is 5.69 Å². The molecule has 118 valence electrons. The fourth-order valence-electron chi connectivity index (χ4n) is 2.65. The molecule has 1 aromatic carbocycles. The minimum Gasteiger partial charge on any atom is -0.384 e. The van der Waals surface area contributed by atoms with E-state index in [0.29, 0.717) is 6.04 Å². The van der Waals surface area contributed by atoms with Crippen molar-refractivity contribution < 1.29 is 0 Å². The van der Waals surface area contributed by atoms with Crippen molar-refractivity contribution in [2.24, 2.45) is 5.73 Å². The third kappa shape index (κ3) is 4.64. The Kier molecular flexibility index (Phi) is 7.05. The van der Waals surface area contributed by atoms with Gasteiger partial charge in [0.15, 0.2) is 0 Å². The van der Waals surface area contributed by atoms with E-state index in [2.05, 4.69) is 62.9 Å². The molecule has 0 saturated heterocycles. The first-order valence-electron chi connectivity index (χ1n) is 7.43. The van der Waals surface area contributed by atoms with Gasteiger partial charge in [0.2, 0.25) is 0 Å². The Hall–Kier alpha value is -1.20. The van der Waals surface area contributed by atoms with Gasteiger partial charge in [-0.3, -0.25) is 5.41 Å². The third-order valence-corrected chi connectivity index (χ3v) is 4.32. The minimum absolute atomic E-state index is 0.150. The van der Waals surface area contributed by atoms with Crippen LogP contribution >= 0.6 is 11.8 Å². The van der Waals surface area contributed by atoms with Crippen molar-refractivity contribution in [2.75, 3.05) is 37.8 Å². The lowest BCUT2D eigenvalue weighted by Gasteiger charge is -2.34. The second-order valence-electron chi connectivity index (χ2n) is 5.39. The van der Waals surface area contributed by atoms with Gasteiger partial charge in [-0.1, -0.05) is 13.0 Å². The van der Waals surface area contributed by atoms with Crippen molar-refractivity contribution >= 4 is 23.3 Å². The predicted molar refractivity (Wildman–Crippen MR) is 94.9 cm³/mol. The zero-order valence-corrected chi connectivity index (χ0v) is 14.6. The Morgan fingerprint density at radius 3 is 2.48 bits per heavy atom. The summed E-state index contributed by atoms with van der Waals surface area (Å²) in [6, 6.07) is 6.56. The van der Waals surface area contributed by atoms with Gasteiger partial charge in [-0.2, -0.15) is 0 Å². The average Bonchev–Trinajstić information content (AvgIpc) is 2.38. The van der Waals surface area contributed by atoms with Crippen LogP contribution in [0.15, 0.2) is 23.1 Å². The molecule has 0 aliphatic heterocycles. The van der Waals surface area contributed by atoms with Gasteiger partial charge in [-0.15, -0.1) is 11.8 Å². The van der Waals surface area contributed by atoms with Crippen molar-refractivity contribution in [1.29, 1.82) is 5.41 Å². The summed E-state index contributed by atoms with van der Waals surface area (Å²) in [7, 11) is 4.17. The summed E-state index contributed by atoms with van der Waals surface area (Å²) in [6.45, 7) is 8.35. The molecule has 0 heterocycles. The van der Waals surface area contributed by atoms with Crippen LogP contribution in [0.5, 0.6) is 0 Å². The number of likely N-dealkylation sites (N-methyl/N-ethyl adjacent to an activating group) is 2. The summed E-state index contributed by atoms with van der Waals surface area (Å²) in [5.41, 5.74) is 7.81. The van der Waals surface area contributed by atoms with Crippen molar-refractivity contribution in [3.63, 3.8) is 0 Å². The van der Waals surface area contributed by atoms with Crippen molar-refractivity contribution in [2.45, 2.75) is 31.7 Å². The highest BCUT2D eigenvalue weighted by Crippen LogP contribution is 2.31. The topological polar surface area (TPSA) is 56.4 Å². The Labute approximate surface area is 133 Å². The van der Waals surface area contributed by atoms with E-state index in [9.17, 15) is 0 Å². The summed E-state index contributed by atoms with van der Waals surface area (Å²) in [5.74, 6) is 1.13. The van der Waals surface area contributed by atoms with Crippen LogP contribution in [0, 0.1) is 5.41 Å². The quantitative estimate of drug-likeness (QED) is 0.440. The maximum Gasteiger partial charge on any atom is 0.126 e. The molecule has 0 saturated carbocycles. The average molecular weight is 308 g/mol. The summed E-state index contributed by atoms with van der Waals surface area (Å²) in [4.78, 5) is 5.61. The first-order chi connectivity index (χ1) is 9.92. The van der Waals surface area contributed by atoms with E-state index in [1.54, 1.807) is 11.8 Å². The van der Waals surface area contributed by atoms with Gasteiger partial charge in [-0.25, -0.2) is 0 Å². The first-order valence-corrected chi connectivity index (χ1v) is 8.42. The van der Waals surface area contributed by atoms with Gasteiger partial charge < -0.3 is 15.5 Å². The number of nitrogens with zero attached hydrogens (tertiary/aromatic N) is 2. The summed E-state index contributed by atoms with van der Waals surface area (Å²) >= 11 is 1.74. The number of hydrogen-bond donors (Lipinski definition) is 2. The maximum absolute atomic E-state index is 7.97. The summed E-state index contributed by atoms with van der Waals surface area (Å²) in [5, 5.41) is 7.97. The van der Waals surface area contributed by atoms with Crippen LogP contribution in [0.3, 0.4) is 0 Å². The lowest BCUT2D eigenvalue weighted by atomic mass is 10.1. The molecule has 0 aliphatic rings. The minimum atomic E-state index is 0.150. The van der Waals surface area contributed by atoms with Gasteiger partial charge in [0.25, 0.3) is 0 Å². The van der Waals surface area contributed by atoms with E-state index in [4.69, 9.17) is 11.1 Å². The monoisotopic (exact) mass is 308 g/mol. The molecule has 5 heteroatoms. The van der Waals surface area contributed by atoms with Crippen molar-refractivity contribution in [3.8, 4) is 0 Å². The summed E-state index contributed by atoms with van der Waals surface area (Å²) < 4.78 is 0. The Bertz CT molecular complexity index is 473. The number of nitrogens with one attached hydrogen (secondary N) is 1. The highest BCUT2D eigenvalue weighted by atomic mass is 32.2. The molecule has 1 unspecified atom stereocenters. The molecular weight excluding hydrogens is 280 g/mol. The molecule has 0 aromatic heterocycles. The van der Waals surface area contributed by atoms with Crippen LogP contribution in [-0.4, -0.2) is 49.7 Å². The zero-order chi connectivity index (χ0) is 16.0. The van der Waals surface area contributed by atoms with Crippen LogP contribution < -0.4 is 10.6 Å². The molecule has 1 rings (SSSR count). The van der Waals surface area contributed by atoms with E-state index >= 15 is 0 Å². The number of anilines is 1. The second-order valence-corrected chi connectivity index (χ2v) is 6.70. The Morgan fingerprint density at radius 2 is 2.00 bits per heavy atom. The molecule has 0 spiro atoms. The SMILES string of the molecule is CCSc1cccc(N(CC)C(C)CN(C)C)c1C(=N)N. The number of nitrogens with two attached hydrogens (primary N) is 1. The molecule has 0 aliphatic carbocycles. The number of hydrogen-bond acceptors (Lipinski definition) is 4. The van der Waals surface area contributed by atoms with Crippen LogP contribution in [0.1, 0.15) is 26.3 Å². The van der Waals surface area contributed by atoms with E-state index in [1.807, 2.05) is 0 Å². The molecule has 1 atom stereocenters. The van der Waals surface area contributed by atoms with Crippen LogP contribution in [0.2, 0.25) is 0 Å². The fourth-order valence-corrected chi connectivity index (χ4v) is 3.50. The Balaban J connectivity index is 3.25. The van der Waals surface area contributed by atoms with E-state index in [1.165, 1.54) is 0 Å². The van der Waals surface area contributed by atoms with Gasteiger partial charge in [0.05, 0.1) is 5.56 Å². The molecule has 0 radical (unpaired) electrons. The van der Waals surface area contributed by atoms with Gasteiger partial charge >= 0.3 is 0 Å². The zero-order valence-electron chi connectivity index (χ0n) is 13.8. The number of amidine groups is 1. The third-order valence-electron chi connectivity index (χ3n) is 3.38. The number of nitrogen functional groups attached to an aromatic ring is 1. The largest absolute Gasteiger partial charge is 0.384 e. The standard InChI is InChI=1S/C16H28N4S/c1-6-20(12(3)11-19(4)5)13-9-8-10-14(21-7-2)15(13)16(17)18/h8-10,12H,6-7,11H2,1-5H3,(H3,17,18). The molecule has 0 bridgehead atoms. The number of benzene rings is 1. The number of rotatable bonds is 8. The van der Waals surface area contributed by atoms with Crippen LogP contribution in [-0.2, 0) is 0 Å². The Morgan fingerprint density at radius 1 is 1.33 bits per heavy atom.